The number of methoxy groups -OCH3 is 1. The molecule has 1 aromatic heterocycles. The first-order valence-corrected chi connectivity index (χ1v) is 8.84. The van der Waals surface area contributed by atoms with Gasteiger partial charge in [0.1, 0.15) is 0 Å². The first-order chi connectivity index (χ1) is 11.6. The largest absolute Gasteiger partial charge is 0.469 e. The fourth-order valence-electron chi connectivity index (χ4n) is 3.34. The van der Waals surface area contributed by atoms with Gasteiger partial charge in [0.25, 0.3) is 0 Å². The maximum absolute atomic E-state index is 12.8. The molecule has 1 unspecified atom stereocenters. The first-order valence-electron chi connectivity index (χ1n) is 8.84. The van der Waals surface area contributed by atoms with E-state index in [4.69, 9.17) is 4.74 Å². The lowest BCUT2D eigenvalue weighted by Crippen LogP contribution is -2.37. The van der Waals surface area contributed by atoms with Crippen molar-refractivity contribution in [3.63, 3.8) is 0 Å². The summed E-state index contributed by atoms with van der Waals surface area (Å²) in [5, 5.41) is 0. The molecule has 5 nitrogen and oxygen atoms in total. The van der Waals surface area contributed by atoms with Gasteiger partial charge in [-0.2, -0.15) is 0 Å². The van der Waals surface area contributed by atoms with Crippen molar-refractivity contribution in [2.24, 2.45) is 11.8 Å². The molecule has 0 saturated heterocycles. The number of hydrogen-bond acceptors (Lipinski definition) is 4. The molecule has 1 amide bonds. The van der Waals surface area contributed by atoms with Gasteiger partial charge in [-0.05, 0) is 30.4 Å². The van der Waals surface area contributed by atoms with Crippen LogP contribution in [0.4, 0.5) is 0 Å². The fraction of sp³-hybridized carbons (Fsp3) is 0.632. The van der Waals surface area contributed by atoms with Gasteiger partial charge in [0.2, 0.25) is 5.91 Å². The van der Waals surface area contributed by atoms with Crippen molar-refractivity contribution < 1.29 is 14.3 Å². The van der Waals surface area contributed by atoms with E-state index in [0.717, 1.165) is 18.4 Å². The monoisotopic (exact) mass is 332 g/mol. The average Bonchev–Trinajstić information content (AvgIpc) is 2.62. The topological polar surface area (TPSA) is 59.5 Å². The molecule has 0 radical (unpaired) electrons. The van der Waals surface area contributed by atoms with Gasteiger partial charge in [0.15, 0.2) is 0 Å². The molecular weight excluding hydrogens is 304 g/mol. The zero-order valence-electron chi connectivity index (χ0n) is 14.7. The molecule has 1 aromatic rings. The minimum atomic E-state index is -0.332. The second-order valence-corrected chi connectivity index (χ2v) is 6.77. The van der Waals surface area contributed by atoms with Crippen molar-refractivity contribution in [1.29, 1.82) is 0 Å². The van der Waals surface area contributed by atoms with Gasteiger partial charge in [-0.15, -0.1) is 0 Å². The highest BCUT2D eigenvalue weighted by Crippen LogP contribution is 2.27. The minimum absolute atomic E-state index is 0.126. The standard InChI is InChI=1S/C19H28N2O3/c1-15(19(23)24-2)13-21(14-17-9-6-10-20-12-17)18(22)11-16-7-4-3-5-8-16/h6,9-10,12,15-16H,3-5,7-8,11,13-14H2,1-2H3. The number of esters is 1. The number of pyridine rings is 1. The third-order valence-electron chi connectivity index (χ3n) is 4.73. The maximum Gasteiger partial charge on any atom is 0.310 e. The van der Waals surface area contributed by atoms with Crippen LogP contribution in [0.2, 0.25) is 0 Å². The predicted molar refractivity (Wildman–Crippen MR) is 92.0 cm³/mol. The number of aromatic nitrogens is 1. The highest BCUT2D eigenvalue weighted by molar-refractivity contribution is 5.78. The van der Waals surface area contributed by atoms with Crippen molar-refractivity contribution in [3.05, 3.63) is 30.1 Å². The van der Waals surface area contributed by atoms with E-state index in [1.54, 1.807) is 24.2 Å². The van der Waals surface area contributed by atoms with Crippen molar-refractivity contribution in [1.82, 2.24) is 9.88 Å². The number of rotatable bonds is 7. The zero-order valence-corrected chi connectivity index (χ0v) is 14.7. The Hall–Kier alpha value is -1.91. The van der Waals surface area contributed by atoms with Crippen LogP contribution in [0, 0.1) is 11.8 Å². The molecule has 1 aliphatic carbocycles. The average molecular weight is 332 g/mol. The molecule has 1 saturated carbocycles. The van der Waals surface area contributed by atoms with E-state index in [2.05, 4.69) is 4.98 Å². The van der Waals surface area contributed by atoms with E-state index in [1.807, 2.05) is 12.1 Å². The third kappa shape index (κ3) is 5.62. The molecular formula is C19H28N2O3. The van der Waals surface area contributed by atoms with Gasteiger partial charge >= 0.3 is 5.97 Å². The molecule has 0 bridgehead atoms. The Kier molecular flexibility index (Phi) is 7.22. The second kappa shape index (κ2) is 9.40. The van der Waals surface area contributed by atoms with Gasteiger partial charge in [0, 0.05) is 31.9 Å². The lowest BCUT2D eigenvalue weighted by molar-refractivity contribution is -0.146. The van der Waals surface area contributed by atoms with Gasteiger partial charge < -0.3 is 9.64 Å². The summed E-state index contributed by atoms with van der Waals surface area (Å²) in [6.45, 7) is 2.67. The first kappa shape index (κ1) is 18.4. The summed E-state index contributed by atoms with van der Waals surface area (Å²) < 4.78 is 4.80. The van der Waals surface area contributed by atoms with E-state index in [0.29, 0.717) is 25.4 Å². The van der Waals surface area contributed by atoms with Crippen molar-refractivity contribution in [3.8, 4) is 0 Å². The zero-order chi connectivity index (χ0) is 17.4. The van der Waals surface area contributed by atoms with Crippen LogP contribution in [0.5, 0.6) is 0 Å². The number of hydrogen-bond donors (Lipinski definition) is 0. The normalized spacial score (nSPS) is 16.4. The summed E-state index contributed by atoms with van der Waals surface area (Å²) in [6.07, 6.45) is 10.1. The van der Waals surface area contributed by atoms with Crippen LogP contribution in [-0.4, -0.2) is 35.4 Å². The van der Waals surface area contributed by atoms with E-state index < -0.39 is 0 Å². The van der Waals surface area contributed by atoms with Gasteiger partial charge in [-0.1, -0.05) is 32.3 Å². The van der Waals surface area contributed by atoms with Crippen LogP contribution >= 0.6 is 0 Å². The number of amides is 1. The van der Waals surface area contributed by atoms with E-state index in [9.17, 15) is 9.59 Å². The summed E-state index contributed by atoms with van der Waals surface area (Å²) in [7, 11) is 1.38. The molecule has 24 heavy (non-hydrogen) atoms. The number of ether oxygens (including phenoxy) is 1. The molecule has 132 valence electrons. The van der Waals surface area contributed by atoms with Gasteiger partial charge in [-0.3, -0.25) is 14.6 Å². The summed E-state index contributed by atoms with van der Waals surface area (Å²) in [5.41, 5.74) is 0.978. The maximum atomic E-state index is 12.8. The van der Waals surface area contributed by atoms with E-state index in [-0.39, 0.29) is 17.8 Å². The molecule has 5 heteroatoms. The summed E-state index contributed by atoms with van der Waals surface area (Å²) >= 11 is 0. The molecule has 1 fully saturated rings. The molecule has 1 atom stereocenters. The Balaban J connectivity index is 2.02. The van der Waals surface area contributed by atoms with Crippen LogP contribution in [0.3, 0.4) is 0 Å². The van der Waals surface area contributed by atoms with Crippen LogP contribution in [0.15, 0.2) is 24.5 Å². The minimum Gasteiger partial charge on any atom is -0.469 e. The lowest BCUT2D eigenvalue weighted by atomic mass is 9.86. The van der Waals surface area contributed by atoms with Crippen molar-refractivity contribution in [2.75, 3.05) is 13.7 Å². The Morgan fingerprint density at radius 3 is 2.71 bits per heavy atom. The van der Waals surface area contributed by atoms with Gasteiger partial charge in [0.05, 0.1) is 13.0 Å². The van der Waals surface area contributed by atoms with Crippen LogP contribution in [0.1, 0.15) is 51.0 Å². The quantitative estimate of drug-likeness (QED) is 0.720. The molecule has 0 spiro atoms. The van der Waals surface area contributed by atoms with Crippen LogP contribution in [0.25, 0.3) is 0 Å². The highest BCUT2D eigenvalue weighted by atomic mass is 16.5. The fourth-order valence-corrected chi connectivity index (χ4v) is 3.34. The van der Waals surface area contributed by atoms with Crippen LogP contribution < -0.4 is 0 Å². The third-order valence-corrected chi connectivity index (χ3v) is 4.73. The Bertz CT molecular complexity index is 527. The smallest absolute Gasteiger partial charge is 0.310 e. The van der Waals surface area contributed by atoms with Crippen LogP contribution in [-0.2, 0) is 20.9 Å². The second-order valence-electron chi connectivity index (χ2n) is 6.77. The Morgan fingerprint density at radius 1 is 1.33 bits per heavy atom. The molecule has 2 rings (SSSR count). The van der Waals surface area contributed by atoms with Crippen molar-refractivity contribution >= 4 is 11.9 Å². The van der Waals surface area contributed by atoms with Gasteiger partial charge in [-0.25, -0.2) is 0 Å². The molecule has 1 heterocycles. The molecule has 1 aliphatic rings. The predicted octanol–water partition coefficient (Wildman–Crippen LogP) is 3.19. The highest BCUT2D eigenvalue weighted by Gasteiger charge is 2.25. The number of nitrogens with zero attached hydrogens (tertiary/aromatic N) is 2. The molecule has 0 aliphatic heterocycles. The van der Waals surface area contributed by atoms with E-state index >= 15 is 0 Å². The SMILES string of the molecule is COC(=O)C(C)CN(Cc1cccnc1)C(=O)CC1CCCCC1. The number of carbonyl (C=O) groups is 2. The van der Waals surface area contributed by atoms with Crippen molar-refractivity contribution in [2.45, 2.75) is 52.0 Å². The Morgan fingerprint density at radius 2 is 2.08 bits per heavy atom. The van der Waals surface area contributed by atoms with E-state index in [1.165, 1.54) is 26.4 Å². The Labute approximate surface area is 144 Å². The molecule has 0 aromatic carbocycles. The summed E-state index contributed by atoms with van der Waals surface area (Å²) in [5.74, 6) is -0.00350. The number of carbonyl (C=O) groups excluding carboxylic acids is 2. The molecule has 0 N–H and O–H groups in total. The lowest BCUT2D eigenvalue weighted by Gasteiger charge is -2.28. The summed E-state index contributed by atoms with van der Waals surface area (Å²) in [4.78, 5) is 30.5. The summed E-state index contributed by atoms with van der Waals surface area (Å²) in [6, 6.07) is 3.82.